The summed E-state index contributed by atoms with van der Waals surface area (Å²) in [5.74, 6) is -2.40. The Hall–Kier alpha value is -2.24. The van der Waals surface area contributed by atoms with Gasteiger partial charge in [-0.3, -0.25) is 0 Å². The molecule has 154 valence electrons. The Balaban J connectivity index is 1.40. The van der Waals surface area contributed by atoms with Crippen LogP contribution in [-0.4, -0.2) is 13.2 Å². The van der Waals surface area contributed by atoms with Crippen molar-refractivity contribution in [3.8, 4) is 11.5 Å². The minimum atomic E-state index is -0.675. The Bertz CT molecular complexity index is 660. The van der Waals surface area contributed by atoms with Gasteiger partial charge in [0, 0.05) is 12.1 Å². The molecule has 0 saturated carbocycles. The summed E-state index contributed by atoms with van der Waals surface area (Å²) >= 11 is 0. The van der Waals surface area contributed by atoms with Gasteiger partial charge in [-0.2, -0.15) is 0 Å². The lowest BCUT2D eigenvalue weighted by molar-refractivity contribution is 0.286. The smallest absolute Gasteiger partial charge is 0.167 e. The SMILES string of the molecule is Fc1ccc(OCCCCCCCCCCOc2ccc(F)cc2F)c(F)c1. The molecule has 0 N–H and O–H groups in total. The van der Waals surface area contributed by atoms with Gasteiger partial charge < -0.3 is 9.47 Å². The number of benzene rings is 2. The maximum Gasteiger partial charge on any atom is 0.167 e. The molecular formula is C22H26F4O2. The average molecular weight is 398 g/mol. The van der Waals surface area contributed by atoms with E-state index in [1.165, 1.54) is 24.3 Å². The van der Waals surface area contributed by atoms with Gasteiger partial charge in [0.1, 0.15) is 11.6 Å². The number of hydrogen-bond donors (Lipinski definition) is 0. The molecular weight excluding hydrogens is 372 g/mol. The molecule has 0 aromatic heterocycles. The first kappa shape index (κ1) is 22.1. The van der Waals surface area contributed by atoms with Crippen LogP contribution in [0.5, 0.6) is 11.5 Å². The van der Waals surface area contributed by atoms with Crippen LogP contribution in [0.4, 0.5) is 17.6 Å². The van der Waals surface area contributed by atoms with Crippen LogP contribution in [0.15, 0.2) is 36.4 Å². The molecule has 2 aromatic rings. The predicted octanol–water partition coefficient (Wildman–Crippen LogP) is 6.82. The number of hydrogen-bond acceptors (Lipinski definition) is 2. The average Bonchev–Trinajstić information content (AvgIpc) is 2.65. The van der Waals surface area contributed by atoms with Gasteiger partial charge in [0.15, 0.2) is 23.1 Å². The fraction of sp³-hybridized carbons (Fsp3) is 0.455. The summed E-state index contributed by atoms with van der Waals surface area (Å²) in [7, 11) is 0. The van der Waals surface area contributed by atoms with Gasteiger partial charge in [-0.05, 0) is 37.1 Å². The zero-order valence-corrected chi connectivity index (χ0v) is 15.9. The predicted molar refractivity (Wildman–Crippen MR) is 101 cm³/mol. The summed E-state index contributed by atoms with van der Waals surface area (Å²) in [4.78, 5) is 0. The van der Waals surface area contributed by atoms with Crippen molar-refractivity contribution in [3.63, 3.8) is 0 Å². The summed E-state index contributed by atoms with van der Waals surface area (Å²) in [5.41, 5.74) is 0. The van der Waals surface area contributed by atoms with Crippen molar-refractivity contribution >= 4 is 0 Å². The summed E-state index contributed by atoms with van der Waals surface area (Å²) in [5, 5.41) is 0. The lowest BCUT2D eigenvalue weighted by Crippen LogP contribution is -2.00. The lowest BCUT2D eigenvalue weighted by Gasteiger charge is -2.08. The Labute approximate surface area is 163 Å². The van der Waals surface area contributed by atoms with Crippen molar-refractivity contribution in [1.82, 2.24) is 0 Å². The largest absolute Gasteiger partial charge is 0.491 e. The van der Waals surface area contributed by atoms with E-state index in [1.54, 1.807) is 0 Å². The van der Waals surface area contributed by atoms with Crippen molar-refractivity contribution in [2.24, 2.45) is 0 Å². The van der Waals surface area contributed by atoms with E-state index in [-0.39, 0.29) is 11.5 Å². The van der Waals surface area contributed by atoms with Crippen molar-refractivity contribution < 1.29 is 27.0 Å². The summed E-state index contributed by atoms with van der Waals surface area (Å²) in [6, 6.07) is 6.60. The quantitative estimate of drug-likeness (QED) is 0.272. The molecule has 0 atom stereocenters. The molecule has 0 amide bonds. The van der Waals surface area contributed by atoms with Crippen LogP contribution in [0.3, 0.4) is 0 Å². The van der Waals surface area contributed by atoms with E-state index in [0.29, 0.717) is 13.2 Å². The molecule has 0 aliphatic carbocycles. The minimum absolute atomic E-state index is 0.0872. The fourth-order valence-corrected chi connectivity index (χ4v) is 2.81. The molecule has 2 aromatic carbocycles. The molecule has 0 saturated heterocycles. The highest BCUT2D eigenvalue weighted by molar-refractivity contribution is 5.25. The molecule has 28 heavy (non-hydrogen) atoms. The molecule has 2 rings (SSSR count). The van der Waals surface area contributed by atoms with Crippen LogP contribution in [-0.2, 0) is 0 Å². The third kappa shape index (κ3) is 8.19. The first-order valence-corrected chi connectivity index (χ1v) is 9.72. The summed E-state index contributed by atoms with van der Waals surface area (Å²) in [6.45, 7) is 0.833. The summed E-state index contributed by atoms with van der Waals surface area (Å²) < 4.78 is 62.9. The van der Waals surface area contributed by atoms with Gasteiger partial charge in [0.05, 0.1) is 13.2 Å². The van der Waals surface area contributed by atoms with Crippen LogP contribution in [0, 0.1) is 23.3 Å². The molecule has 0 fully saturated rings. The summed E-state index contributed by atoms with van der Waals surface area (Å²) in [6.07, 6.45) is 8.02. The van der Waals surface area contributed by atoms with Crippen LogP contribution in [0.25, 0.3) is 0 Å². The number of rotatable bonds is 13. The van der Waals surface area contributed by atoms with Crippen LogP contribution < -0.4 is 9.47 Å². The van der Waals surface area contributed by atoms with E-state index >= 15 is 0 Å². The highest BCUT2D eigenvalue weighted by Crippen LogP contribution is 2.19. The van der Waals surface area contributed by atoms with Gasteiger partial charge in [-0.1, -0.05) is 38.5 Å². The second-order valence-electron chi connectivity index (χ2n) is 6.67. The van der Waals surface area contributed by atoms with E-state index in [1.807, 2.05) is 0 Å². The molecule has 0 aliphatic heterocycles. The van der Waals surface area contributed by atoms with Crippen molar-refractivity contribution in [2.75, 3.05) is 13.2 Å². The molecule has 0 spiro atoms. The highest BCUT2D eigenvalue weighted by Gasteiger charge is 2.05. The van der Waals surface area contributed by atoms with E-state index in [0.717, 1.165) is 63.5 Å². The van der Waals surface area contributed by atoms with Gasteiger partial charge >= 0.3 is 0 Å². The Morgan fingerprint density at radius 2 is 0.857 bits per heavy atom. The van der Waals surface area contributed by atoms with Gasteiger partial charge in [0.2, 0.25) is 0 Å². The minimum Gasteiger partial charge on any atom is -0.491 e. The van der Waals surface area contributed by atoms with Gasteiger partial charge in [-0.25, -0.2) is 17.6 Å². The van der Waals surface area contributed by atoms with Gasteiger partial charge in [-0.15, -0.1) is 0 Å². The number of halogens is 4. The second kappa shape index (κ2) is 12.3. The Morgan fingerprint density at radius 1 is 0.500 bits per heavy atom. The third-order valence-corrected chi connectivity index (χ3v) is 4.34. The lowest BCUT2D eigenvalue weighted by atomic mass is 10.1. The monoisotopic (exact) mass is 398 g/mol. The molecule has 0 bridgehead atoms. The molecule has 6 heteroatoms. The molecule has 0 unspecified atom stereocenters. The van der Waals surface area contributed by atoms with Gasteiger partial charge in [0.25, 0.3) is 0 Å². The Morgan fingerprint density at radius 3 is 1.21 bits per heavy atom. The maximum absolute atomic E-state index is 13.4. The topological polar surface area (TPSA) is 18.5 Å². The van der Waals surface area contributed by atoms with Crippen LogP contribution in [0.2, 0.25) is 0 Å². The zero-order chi connectivity index (χ0) is 20.2. The van der Waals surface area contributed by atoms with Crippen LogP contribution >= 0.6 is 0 Å². The first-order chi connectivity index (χ1) is 13.6. The molecule has 0 aliphatic rings. The van der Waals surface area contributed by atoms with E-state index in [4.69, 9.17) is 9.47 Å². The number of ether oxygens (including phenoxy) is 2. The number of unbranched alkanes of at least 4 members (excludes halogenated alkanes) is 7. The van der Waals surface area contributed by atoms with Crippen molar-refractivity contribution in [3.05, 3.63) is 59.7 Å². The highest BCUT2D eigenvalue weighted by atomic mass is 19.1. The van der Waals surface area contributed by atoms with E-state index in [2.05, 4.69) is 0 Å². The second-order valence-corrected chi connectivity index (χ2v) is 6.67. The van der Waals surface area contributed by atoms with Crippen molar-refractivity contribution in [1.29, 1.82) is 0 Å². The molecule has 0 heterocycles. The first-order valence-electron chi connectivity index (χ1n) is 9.72. The van der Waals surface area contributed by atoms with E-state index < -0.39 is 23.3 Å². The zero-order valence-electron chi connectivity index (χ0n) is 15.9. The maximum atomic E-state index is 13.4. The third-order valence-electron chi connectivity index (χ3n) is 4.34. The standard InChI is InChI=1S/C22H26F4O2/c23-17-9-11-21(19(25)15-17)27-13-7-5-3-1-2-4-6-8-14-28-22-12-10-18(24)16-20(22)26/h9-12,15-16H,1-8,13-14H2. The molecule has 0 radical (unpaired) electrons. The molecule has 2 nitrogen and oxygen atoms in total. The van der Waals surface area contributed by atoms with Crippen LogP contribution in [0.1, 0.15) is 51.4 Å². The van der Waals surface area contributed by atoms with E-state index in [9.17, 15) is 17.6 Å². The van der Waals surface area contributed by atoms with Crippen molar-refractivity contribution in [2.45, 2.75) is 51.4 Å². The normalized spacial score (nSPS) is 10.9. The Kier molecular flexibility index (Phi) is 9.66. The fourth-order valence-electron chi connectivity index (χ4n) is 2.81.